The van der Waals surface area contributed by atoms with Crippen LogP contribution in [0.4, 0.5) is 13.2 Å². The molecule has 5 nitrogen and oxygen atoms in total. The predicted octanol–water partition coefficient (Wildman–Crippen LogP) is 6.33. The van der Waals surface area contributed by atoms with Gasteiger partial charge in [0.2, 0.25) is 0 Å². The van der Waals surface area contributed by atoms with E-state index in [1.165, 1.54) is 25.5 Å². The fraction of sp³-hybridized carbons (Fsp3) is 0.192. The Morgan fingerprint density at radius 2 is 1.59 bits per heavy atom. The molecule has 0 saturated heterocycles. The van der Waals surface area contributed by atoms with Gasteiger partial charge >= 0.3 is 12.1 Å². The Bertz CT molecular complexity index is 1280. The third-order valence-corrected chi connectivity index (χ3v) is 5.18. The zero-order valence-electron chi connectivity index (χ0n) is 18.2. The molecule has 0 spiro atoms. The maximum atomic E-state index is 12.7. The minimum Gasteiger partial charge on any atom is -0.489 e. The molecule has 4 aromatic rings. The summed E-state index contributed by atoms with van der Waals surface area (Å²) in [5.74, 6) is 0.834. The number of benzene rings is 3. The third-order valence-electron chi connectivity index (χ3n) is 5.18. The highest BCUT2D eigenvalue weighted by Gasteiger charge is 2.29. The van der Waals surface area contributed by atoms with Crippen LogP contribution in [0.3, 0.4) is 0 Å². The maximum absolute atomic E-state index is 12.7. The Morgan fingerprint density at radius 3 is 2.29 bits per heavy atom. The number of hydrogen-bond donors (Lipinski definition) is 0. The minimum absolute atomic E-state index is 0.128. The van der Waals surface area contributed by atoms with Crippen molar-refractivity contribution >= 4 is 16.9 Å². The van der Waals surface area contributed by atoms with Crippen LogP contribution in [-0.2, 0) is 35.3 Å². The van der Waals surface area contributed by atoms with Gasteiger partial charge in [0.1, 0.15) is 30.3 Å². The van der Waals surface area contributed by atoms with Crippen molar-refractivity contribution < 1.29 is 36.6 Å². The van der Waals surface area contributed by atoms with Crippen molar-refractivity contribution in [3.05, 3.63) is 95.2 Å². The van der Waals surface area contributed by atoms with Crippen LogP contribution in [0, 0.1) is 0 Å². The van der Waals surface area contributed by atoms with Crippen LogP contribution in [0.2, 0.25) is 0 Å². The van der Waals surface area contributed by atoms with E-state index in [1.807, 2.05) is 24.3 Å². The molecule has 176 valence electrons. The van der Waals surface area contributed by atoms with E-state index in [2.05, 4.69) is 0 Å². The van der Waals surface area contributed by atoms with Gasteiger partial charge in [0.05, 0.1) is 25.4 Å². The topological polar surface area (TPSA) is 57.9 Å². The number of hydrogen-bond acceptors (Lipinski definition) is 5. The molecule has 0 aliphatic heterocycles. The molecule has 0 amide bonds. The lowest BCUT2D eigenvalue weighted by Crippen LogP contribution is -2.05. The van der Waals surface area contributed by atoms with Gasteiger partial charge in [-0.1, -0.05) is 24.3 Å². The van der Waals surface area contributed by atoms with Crippen LogP contribution in [0.25, 0.3) is 11.0 Å². The van der Waals surface area contributed by atoms with Crippen LogP contribution < -0.4 is 9.47 Å². The number of alkyl halides is 3. The second kappa shape index (κ2) is 9.91. The molecule has 0 radical (unpaired) electrons. The highest BCUT2D eigenvalue weighted by Crippen LogP contribution is 2.29. The van der Waals surface area contributed by atoms with Crippen LogP contribution in [0.5, 0.6) is 11.5 Å². The van der Waals surface area contributed by atoms with Crippen molar-refractivity contribution in [3.63, 3.8) is 0 Å². The first kappa shape index (κ1) is 23.2. The average molecular weight is 470 g/mol. The van der Waals surface area contributed by atoms with Crippen molar-refractivity contribution in [2.45, 2.75) is 25.8 Å². The summed E-state index contributed by atoms with van der Waals surface area (Å²) in [6.45, 7) is 0.421. The summed E-state index contributed by atoms with van der Waals surface area (Å²) in [7, 11) is 1.34. The Balaban J connectivity index is 1.35. The molecule has 1 heterocycles. The molecule has 4 rings (SSSR count). The van der Waals surface area contributed by atoms with Crippen molar-refractivity contribution in [2.24, 2.45) is 0 Å². The smallest absolute Gasteiger partial charge is 0.416 e. The van der Waals surface area contributed by atoms with Crippen molar-refractivity contribution in [2.75, 3.05) is 7.11 Å². The monoisotopic (exact) mass is 470 g/mol. The summed E-state index contributed by atoms with van der Waals surface area (Å²) in [6.07, 6.45) is -2.70. The number of rotatable bonds is 8. The van der Waals surface area contributed by atoms with E-state index in [-0.39, 0.29) is 25.6 Å². The maximum Gasteiger partial charge on any atom is 0.416 e. The van der Waals surface area contributed by atoms with Gasteiger partial charge in [0.25, 0.3) is 0 Å². The molecule has 0 aliphatic carbocycles. The van der Waals surface area contributed by atoms with E-state index in [1.54, 1.807) is 18.2 Å². The first-order chi connectivity index (χ1) is 16.3. The first-order valence-electron chi connectivity index (χ1n) is 10.4. The second-order valence-electron chi connectivity index (χ2n) is 7.59. The molecule has 0 fully saturated rings. The quantitative estimate of drug-likeness (QED) is 0.282. The Morgan fingerprint density at radius 1 is 0.882 bits per heavy atom. The number of esters is 1. The number of carbonyl (C=O) groups excluding carboxylic acids is 1. The van der Waals surface area contributed by atoms with Gasteiger partial charge in [-0.2, -0.15) is 13.2 Å². The summed E-state index contributed by atoms with van der Waals surface area (Å²) >= 11 is 0. The molecule has 0 bridgehead atoms. The van der Waals surface area contributed by atoms with Gasteiger partial charge in [0, 0.05) is 17.0 Å². The summed E-state index contributed by atoms with van der Waals surface area (Å²) in [4.78, 5) is 11.5. The molecule has 0 aliphatic rings. The minimum atomic E-state index is -4.36. The predicted molar refractivity (Wildman–Crippen MR) is 118 cm³/mol. The molecule has 0 unspecified atom stereocenters. The molecule has 8 heteroatoms. The molecular weight excluding hydrogens is 449 g/mol. The van der Waals surface area contributed by atoms with E-state index in [9.17, 15) is 18.0 Å². The first-order valence-corrected chi connectivity index (χ1v) is 10.4. The zero-order valence-corrected chi connectivity index (χ0v) is 18.2. The fourth-order valence-electron chi connectivity index (χ4n) is 3.37. The molecule has 34 heavy (non-hydrogen) atoms. The lowest BCUT2D eigenvalue weighted by Gasteiger charge is -2.11. The van der Waals surface area contributed by atoms with Crippen LogP contribution in [0.1, 0.15) is 22.3 Å². The number of ether oxygens (including phenoxy) is 3. The summed E-state index contributed by atoms with van der Waals surface area (Å²) < 4.78 is 59.9. The van der Waals surface area contributed by atoms with E-state index in [0.717, 1.165) is 28.6 Å². The number of methoxy groups -OCH3 is 1. The lowest BCUT2D eigenvalue weighted by molar-refractivity contribution is -0.140. The van der Waals surface area contributed by atoms with Gasteiger partial charge in [-0.15, -0.1) is 0 Å². The Kier molecular flexibility index (Phi) is 6.77. The zero-order chi connectivity index (χ0) is 24.1. The third kappa shape index (κ3) is 5.70. The molecular formula is C26H21F3O5. The van der Waals surface area contributed by atoms with Crippen molar-refractivity contribution in [1.29, 1.82) is 0 Å². The molecule has 0 atom stereocenters. The van der Waals surface area contributed by atoms with Crippen molar-refractivity contribution in [1.82, 2.24) is 0 Å². The molecule has 1 aromatic heterocycles. The molecule has 3 aromatic carbocycles. The standard InChI is InChI=1S/C26H21F3O5/c1-31-25(30)12-19-16-34-24-13-22(9-10-23(19)24)33-15-18-3-2-4-21(11-18)32-14-17-5-7-20(8-6-17)26(27,28)29/h2-11,13,16H,12,14-15H2,1H3. The summed E-state index contributed by atoms with van der Waals surface area (Å²) in [5, 5.41) is 0.816. The summed E-state index contributed by atoms with van der Waals surface area (Å²) in [5.41, 5.74) is 2.14. The van der Waals surface area contributed by atoms with Crippen molar-refractivity contribution in [3.8, 4) is 11.5 Å². The van der Waals surface area contributed by atoms with E-state index in [4.69, 9.17) is 18.6 Å². The van der Waals surface area contributed by atoms with Crippen LogP contribution in [-0.4, -0.2) is 13.1 Å². The SMILES string of the molecule is COC(=O)Cc1coc2cc(OCc3cccc(OCc4ccc(C(F)(F)F)cc4)c3)ccc12. The highest BCUT2D eigenvalue weighted by atomic mass is 19.4. The Hall–Kier alpha value is -3.94. The van der Waals surface area contributed by atoms with E-state index in [0.29, 0.717) is 22.6 Å². The second-order valence-corrected chi connectivity index (χ2v) is 7.59. The lowest BCUT2D eigenvalue weighted by atomic mass is 10.1. The van der Waals surface area contributed by atoms with Gasteiger partial charge in [0.15, 0.2) is 0 Å². The number of carbonyl (C=O) groups is 1. The normalized spacial score (nSPS) is 11.4. The fourth-order valence-corrected chi connectivity index (χ4v) is 3.37. The van der Waals surface area contributed by atoms with Gasteiger partial charge < -0.3 is 18.6 Å². The van der Waals surface area contributed by atoms with Gasteiger partial charge in [-0.25, -0.2) is 0 Å². The van der Waals surface area contributed by atoms with Crippen LogP contribution >= 0.6 is 0 Å². The van der Waals surface area contributed by atoms with Crippen LogP contribution in [0.15, 0.2) is 77.4 Å². The Labute approximate surface area is 193 Å². The molecule has 0 saturated carbocycles. The van der Waals surface area contributed by atoms with E-state index >= 15 is 0 Å². The number of fused-ring (bicyclic) bond motifs is 1. The van der Waals surface area contributed by atoms with Gasteiger partial charge in [-0.3, -0.25) is 4.79 Å². The van der Waals surface area contributed by atoms with Gasteiger partial charge in [-0.05, 0) is 47.5 Å². The number of furan rings is 1. The van der Waals surface area contributed by atoms with E-state index < -0.39 is 11.7 Å². The average Bonchev–Trinajstić information content (AvgIpc) is 3.23. The largest absolute Gasteiger partial charge is 0.489 e. The highest BCUT2D eigenvalue weighted by molar-refractivity contribution is 5.86. The summed E-state index contributed by atoms with van der Waals surface area (Å²) in [6, 6.07) is 17.5. The number of halogens is 3. The molecule has 0 N–H and O–H groups in total.